The Hall–Kier alpha value is -3.53. The minimum Gasteiger partial charge on any atom is -0.414 e. The molecule has 4 rings (SSSR count). The molecule has 2 aromatic heterocycles. The molecule has 1 aliphatic rings. The highest BCUT2D eigenvalue weighted by atomic mass is 16.4. The first-order valence-electron chi connectivity index (χ1n) is 10.7. The van der Waals surface area contributed by atoms with Crippen LogP contribution in [0.5, 0.6) is 0 Å². The molecule has 168 valence electrons. The number of nitrogen functional groups attached to an aromatic ring is 1. The highest BCUT2D eigenvalue weighted by Crippen LogP contribution is 2.28. The van der Waals surface area contributed by atoms with Crippen molar-refractivity contribution in [3.05, 3.63) is 36.0 Å². The molecule has 1 atom stereocenters. The van der Waals surface area contributed by atoms with Gasteiger partial charge in [-0.2, -0.15) is 0 Å². The number of nitrogens with zero attached hydrogens (tertiary/aromatic N) is 6. The van der Waals surface area contributed by atoms with Gasteiger partial charge in [-0.25, -0.2) is 9.97 Å². The lowest BCUT2D eigenvalue weighted by Crippen LogP contribution is -2.54. The quantitative estimate of drug-likeness (QED) is 0.596. The Morgan fingerprint density at radius 1 is 1.22 bits per heavy atom. The van der Waals surface area contributed by atoms with Crippen molar-refractivity contribution in [1.29, 1.82) is 0 Å². The molecule has 10 heteroatoms. The van der Waals surface area contributed by atoms with Gasteiger partial charge >= 0.3 is 0 Å². The van der Waals surface area contributed by atoms with Crippen molar-refractivity contribution in [1.82, 2.24) is 30.4 Å². The molecule has 0 spiro atoms. The maximum atomic E-state index is 12.0. The van der Waals surface area contributed by atoms with E-state index in [1.54, 1.807) is 6.20 Å². The average Bonchev–Trinajstić information content (AvgIpc) is 3.30. The average molecular weight is 437 g/mol. The van der Waals surface area contributed by atoms with E-state index in [9.17, 15) is 4.79 Å². The minimum atomic E-state index is 0.0967. The fourth-order valence-electron chi connectivity index (χ4n) is 3.84. The zero-order valence-corrected chi connectivity index (χ0v) is 18.6. The van der Waals surface area contributed by atoms with Gasteiger partial charge in [0.05, 0.1) is 6.20 Å². The summed E-state index contributed by atoms with van der Waals surface area (Å²) in [6.45, 7) is 6.68. The third kappa shape index (κ3) is 4.40. The SMILES string of the molecule is CCC(=O)N1CCN(c2cnc(N)c(-c3nnc(-c4ccc(CNC)cc4)o3)n2)[C@H](C)C1. The maximum absolute atomic E-state index is 12.0. The van der Waals surface area contributed by atoms with Crippen LogP contribution in [0.3, 0.4) is 0 Å². The van der Waals surface area contributed by atoms with Crippen molar-refractivity contribution in [2.24, 2.45) is 0 Å². The van der Waals surface area contributed by atoms with Crippen LogP contribution in [0.1, 0.15) is 25.8 Å². The molecule has 0 bridgehead atoms. The second-order valence-corrected chi connectivity index (χ2v) is 7.84. The van der Waals surface area contributed by atoms with E-state index in [-0.39, 0.29) is 23.7 Å². The van der Waals surface area contributed by atoms with E-state index < -0.39 is 0 Å². The first kappa shape index (κ1) is 21.7. The Bertz CT molecular complexity index is 1080. The van der Waals surface area contributed by atoms with E-state index in [0.29, 0.717) is 43.5 Å². The molecule has 3 aromatic rings. The first-order chi connectivity index (χ1) is 15.5. The standard InChI is InChI=1S/C22H28N8O2/c1-4-18(31)29-9-10-30(14(2)13-29)17-12-25-20(23)19(26-17)22-28-27-21(32-22)16-7-5-15(6-8-16)11-24-3/h5-8,12,14,24H,4,9-11,13H2,1-3H3,(H2,23,25)/t14-/m1/s1. The number of nitrogens with two attached hydrogens (primary N) is 1. The molecule has 0 saturated carbocycles. The van der Waals surface area contributed by atoms with Crippen LogP contribution >= 0.6 is 0 Å². The van der Waals surface area contributed by atoms with Crippen LogP contribution in [0, 0.1) is 0 Å². The first-order valence-corrected chi connectivity index (χ1v) is 10.7. The molecule has 1 amide bonds. The van der Waals surface area contributed by atoms with Gasteiger partial charge in [0.2, 0.25) is 11.8 Å². The van der Waals surface area contributed by atoms with Crippen LogP contribution in [-0.4, -0.2) is 63.7 Å². The summed E-state index contributed by atoms with van der Waals surface area (Å²) in [5.74, 6) is 1.67. The predicted octanol–water partition coefficient (Wildman–Crippen LogP) is 1.94. The van der Waals surface area contributed by atoms with E-state index in [1.165, 1.54) is 0 Å². The summed E-state index contributed by atoms with van der Waals surface area (Å²) in [4.78, 5) is 25.0. The molecule has 1 fully saturated rings. The smallest absolute Gasteiger partial charge is 0.270 e. The molecule has 0 radical (unpaired) electrons. The summed E-state index contributed by atoms with van der Waals surface area (Å²) in [6, 6.07) is 7.99. The lowest BCUT2D eigenvalue weighted by molar-refractivity contribution is -0.131. The van der Waals surface area contributed by atoms with Gasteiger partial charge in [0.25, 0.3) is 5.89 Å². The Morgan fingerprint density at radius 3 is 2.66 bits per heavy atom. The zero-order valence-electron chi connectivity index (χ0n) is 18.6. The Labute approximate surface area is 186 Å². The summed E-state index contributed by atoms with van der Waals surface area (Å²) >= 11 is 0. The zero-order chi connectivity index (χ0) is 22.7. The largest absolute Gasteiger partial charge is 0.414 e. The number of carbonyl (C=O) groups is 1. The van der Waals surface area contributed by atoms with Crippen LogP contribution in [0.25, 0.3) is 23.0 Å². The Kier molecular flexibility index (Phi) is 6.31. The van der Waals surface area contributed by atoms with E-state index in [1.807, 2.05) is 43.1 Å². The van der Waals surface area contributed by atoms with E-state index in [0.717, 1.165) is 17.7 Å². The number of nitrogens with one attached hydrogen (secondary N) is 1. The lowest BCUT2D eigenvalue weighted by Gasteiger charge is -2.40. The van der Waals surface area contributed by atoms with Crippen molar-refractivity contribution in [3.8, 4) is 23.0 Å². The number of carbonyl (C=O) groups excluding carboxylic acids is 1. The monoisotopic (exact) mass is 436 g/mol. The third-order valence-corrected chi connectivity index (χ3v) is 5.57. The summed E-state index contributed by atoms with van der Waals surface area (Å²) in [5.41, 5.74) is 8.42. The van der Waals surface area contributed by atoms with E-state index >= 15 is 0 Å². The van der Waals surface area contributed by atoms with Crippen molar-refractivity contribution in [2.45, 2.75) is 32.9 Å². The summed E-state index contributed by atoms with van der Waals surface area (Å²) in [5, 5.41) is 11.4. The van der Waals surface area contributed by atoms with Crippen molar-refractivity contribution >= 4 is 17.5 Å². The predicted molar refractivity (Wildman–Crippen MR) is 122 cm³/mol. The van der Waals surface area contributed by atoms with Gasteiger partial charge in [-0.3, -0.25) is 4.79 Å². The van der Waals surface area contributed by atoms with Gasteiger partial charge in [0, 0.05) is 44.2 Å². The summed E-state index contributed by atoms with van der Waals surface area (Å²) in [7, 11) is 1.91. The van der Waals surface area contributed by atoms with Gasteiger partial charge < -0.3 is 25.3 Å². The molecular weight excluding hydrogens is 408 g/mol. The van der Waals surface area contributed by atoms with Gasteiger partial charge in [-0.15, -0.1) is 10.2 Å². The van der Waals surface area contributed by atoms with Gasteiger partial charge in [-0.05, 0) is 31.7 Å². The number of amides is 1. The molecule has 1 aliphatic heterocycles. The molecule has 1 saturated heterocycles. The van der Waals surface area contributed by atoms with Crippen molar-refractivity contribution < 1.29 is 9.21 Å². The topological polar surface area (TPSA) is 126 Å². The normalized spacial score (nSPS) is 16.4. The number of anilines is 2. The molecular formula is C22H28N8O2. The lowest BCUT2D eigenvalue weighted by atomic mass is 10.1. The fourth-order valence-corrected chi connectivity index (χ4v) is 3.84. The summed E-state index contributed by atoms with van der Waals surface area (Å²) < 4.78 is 5.88. The highest BCUT2D eigenvalue weighted by molar-refractivity contribution is 5.76. The number of aromatic nitrogens is 4. The number of hydrogen-bond acceptors (Lipinski definition) is 9. The summed E-state index contributed by atoms with van der Waals surface area (Å²) in [6.07, 6.45) is 2.15. The van der Waals surface area contributed by atoms with Crippen LogP contribution in [0.2, 0.25) is 0 Å². The van der Waals surface area contributed by atoms with E-state index in [2.05, 4.69) is 37.3 Å². The molecule has 0 unspecified atom stereocenters. The van der Waals surface area contributed by atoms with E-state index in [4.69, 9.17) is 10.2 Å². The number of piperazine rings is 1. The Morgan fingerprint density at radius 2 is 1.97 bits per heavy atom. The van der Waals surface area contributed by atoms with Gasteiger partial charge in [0.1, 0.15) is 5.82 Å². The van der Waals surface area contributed by atoms with Crippen LogP contribution in [0.15, 0.2) is 34.9 Å². The molecule has 1 aromatic carbocycles. The van der Waals surface area contributed by atoms with Crippen LogP contribution in [-0.2, 0) is 11.3 Å². The maximum Gasteiger partial charge on any atom is 0.270 e. The third-order valence-electron chi connectivity index (χ3n) is 5.57. The second-order valence-electron chi connectivity index (χ2n) is 7.84. The Balaban J connectivity index is 1.55. The van der Waals surface area contributed by atoms with Crippen LogP contribution in [0.4, 0.5) is 11.6 Å². The molecule has 0 aliphatic carbocycles. The van der Waals surface area contributed by atoms with Crippen molar-refractivity contribution in [2.75, 3.05) is 37.3 Å². The molecule has 3 N–H and O–H groups in total. The number of benzene rings is 1. The molecule has 3 heterocycles. The molecule has 32 heavy (non-hydrogen) atoms. The van der Waals surface area contributed by atoms with Gasteiger partial charge in [-0.1, -0.05) is 19.1 Å². The minimum absolute atomic E-state index is 0.0967. The van der Waals surface area contributed by atoms with Crippen molar-refractivity contribution in [3.63, 3.8) is 0 Å². The second kappa shape index (κ2) is 9.31. The van der Waals surface area contributed by atoms with Gasteiger partial charge in [0.15, 0.2) is 11.5 Å². The number of rotatable bonds is 6. The number of hydrogen-bond donors (Lipinski definition) is 2. The fraction of sp³-hybridized carbons (Fsp3) is 0.409. The van der Waals surface area contributed by atoms with Crippen LogP contribution < -0.4 is 16.0 Å². The highest BCUT2D eigenvalue weighted by Gasteiger charge is 2.28. The molecule has 10 nitrogen and oxygen atoms in total.